The molecule has 0 saturated carbocycles. The lowest BCUT2D eigenvalue weighted by molar-refractivity contribution is -0.133. The molecule has 0 aromatic carbocycles. The monoisotopic (exact) mass is 240 g/mol. The summed E-state index contributed by atoms with van der Waals surface area (Å²) in [6.07, 6.45) is 10.4. The standard InChI is InChI=1S/C15H28O2/c1-4-6-8-9-10-12-14(11-7-5-2)13(3)15(16)17/h14H,3-12H2,1-2H3,(H,16,17). The summed E-state index contributed by atoms with van der Waals surface area (Å²) in [5.74, 6) is -0.631. The first-order chi connectivity index (χ1) is 8.13. The van der Waals surface area contributed by atoms with Gasteiger partial charge in [-0.05, 0) is 18.8 Å². The van der Waals surface area contributed by atoms with Crippen molar-refractivity contribution in [3.63, 3.8) is 0 Å². The molecule has 0 amide bonds. The third-order valence-electron chi connectivity index (χ3n) is 3.33. The van der Waals surface area contributed by atoms with Gasteiger partial charge in [0.15, 0.2) is 0 Å². The van der Waals surface area contributed by atoms with E-state index in [0.29, 0.717) is 5.57 Å². The zero-order valence-corrected chi connectivity index (χ0v) is 11.5. The molecule has 1 atom stereocenters. The molecule has 0 aliphatic rings. The van der Waals surface area contributed by atoms with Crippen LogP contribution in [0.4, 0.5) is 0 Å². The van der Waals surface area contributed by atoms with Crippen LogP contribution in [0.15, 0.2) is 12.2 Å². The number of rotatable bonds is 11. The van der Waals surface area contributed by atoms with Crippen LogP contribution in [0.25, 0.3) is 0 Å². The van der Waals surface area contributed by atoms with E-state index in [1.165, 1.54) is 25.7 Å². The van der Waals surface area contributed by atoms with E-state index >= 15 is 0 Å². The molecular formula is C15H28O2. The fraction of sp³-hybridized carbons (Fsp3) is 0.800. The highest BCUT2D eigenvalue weighted by molar-refractivity contribution is 5.86. The van der Waals surface area contributed by atoms with Gasteiger partial charge in [0.25, 0.3) is 0 Å². The van der Waals surface area contributed by atoms with E-state index in [9.17, 15) is 4.79 Å². The minimum atomic E-state index is -0.820. The smallest absolute Gasteiger partial charge is 0.331 e. The highest BCUT2D eigenvalue weighted by Gasteiger charge is 2.17. The van der Waals surface area contributed by atoms with Crippen molar-refractivity contribution in [3.8, 4) is 0 Å². The van der Waals surface area contributed by atoms with E-state index in [2.05, 4.69) is 20.4 Å². The summed E-state index contributed by atoms with van der Waals surface area (Å²) in [5.41, 5.74) is 0.411. The fourth-order valence-corrected chi connectivity index (χ4v) is 2.11. The molecule has 0 aromatic rings. The largest absolute Gasteiger partial charge is 0.478 e. The number of carboxylic acids is 1. The predicted molar refractivity (Wildman–Crippen MR) is 73.2 cm³/mol. The first kappa shape index (κ1) is 16.2. The Labute approximate surface area is 106 Å². The third kappa shape index (κ3) is 8.00. The molecule has 0 fully saturated rings. The van der Waals surface area contributed by atoms with Gasteiger partial charge in [-0.15, -0.1) is 0 Å². The van der Waals surface area contributed by atoms with Crippen LogP contribution in [0, 0.1) is 5.92 Å². The van der Waals surface area contributed by atoms with Gasteiger partial charge in [0.2, 0.25) is 0 Å². The lowest BCUT2D eigenvalue weighted by Gasteiger charge is -2.16. The zero-order chi connectivity index (χ0) is 13.1. The minimum absolute atomic E-state index is 0.189. The Kier molecular flexibility index (Phi) is 9.89. The SMILES string of the molecule is C=C(C(=O)O)C(CCCC)CCCCCCC. The number of carbonyl (C=O) groups is 1. The summed E-state index contributed by atoms with van der Waals surface area (Å²) >= 11 is 0. The number of carboxylic acid groups (broad SMARTS) is 1. The quantitative estimate of drug-likeness (QED) is 0.416. The Morgan fingerprint density at radius 1 is 1.00 bits per heavy atom. The number of unbranched alkanes of at least 4 members (excludes halogenated alkanes) is 5. The average molecular weight is 240 g/mol. The van der Waals surface area contributed by atoms with Crippen molar-refractivity contribution in [1.29, 1.82) is 0 Å². The highest BCUT2D eigenvalue weighted by Crippen LogP contribution is 2.24. The Hall–Kier alpha value is -0.790. The van der Waals surface area contributed by atoms with Crippen molar-refractivity contribution < 1.29 is 9.90 Å². The van der Waals surface area contributed by atoms with E-state index in [-0.39, 0.29) is 5.92 Å². The van der Waals surface area contributed by atoms with Crippen LogP contribution in [0.1, 0.15) is 71.6 Å². The van der Waals surface area contributed by atoms with Crippen LogP contribution < -0.4 is 0 Å². The van der Waals surface area contributed by atoms with Gasteiger partial charge in [0.05, 0.1) is 0 Å². The van der Waals surface area contributed by atoms with Crippen molar-refractivity contribution in [1.82, 2.24) is 0 Å². The summed E-state index contributed by atoms with van der Waals surface area (Å²) in [5, 5.41) is 8.99. The molecule has 0 spiro atoms. The van der Waals surface area contributed by atoms with Gasteiger partial charge in [0.1, 0.15) is 0 Å². The van der Waals surface area contributed by atoms with Crippen LogP contribution in [-0.4, -0.2) is 11.1 Å². The molecule has 0 rings (SSSR count). The van der Waals surface area contributed by atoms with E-state index in [0.717, 1.165) is 32.1 Å². The molecule has 0 aliphatic heterocycles. The molecule has 17 heavy (non-hydrogen) atoms. The summed E-state index contributed by atoms with van der Waals surface area (Å²) in [7, 11) is 0. The third-order valence-corrected chi connectivity index (χ3v) is 3.33. The molecule has 0 saturated heterocycles. The van der Waals surface area contributed by atoms with Gasteiger partial charge >= 0.3 is 5.97 Å². The first-order valence-corrected chi connectivity index (χ1v) is 7.05. The van der Waals surface area contributed by atoms with Gasteiger partial charge in [-0.25, -0.2) is 4.79 Å². The average Bonchev–Trinajstić information content (AvgIpc) is 2.31. The van der Waals surface area contributed by atoms with Crippen LogP contribution >= 0.6 is 0 Å². The lowest BCUT2D eigenvalue weighted by Crippen LogP contribution is -2.12. The van der Waals surface area contributed by atoms with E-state index in [1.807, 2.05) is 0 Å². The second-order valence-electron chi connectivity index (χ2n) is 4.87. The van der Waals surface area contributed by atoms with Gasteiger partial charge < -0.3 is 5.11 Å². The normalized spacial score (nSPS) is 12.4. The van der Waals surface area contributed by atoms with Crippen molar-refractivity contribution in [2.45, 2.75) is 71.6 Å². The predicted octanol–water partition coefficient (Wildman–Crippen LogP) is 4.79. The minimum Gasteiger partial charge on any atom is -0.478 e. The maximum absolute atomic E-state index is 10.9. The molecule has 0 radical (unpaired) electrons. The Morgan fingerprint density at radius 2 is 1.53 bits per heavy atom. The number of hydrogen-bond acceptors (Lipinski definition) is 1. The van der Waals surface area contributed by atoms with Gasteiger partial charge in [-0.2, -0.15) is 0 Å². The summed E-state index contributed by atoms with van der Waals surface area (Å²) in [4.78, 5) is 10.9. The van der Waals surface area contributed by atoms with Gasteiger partial charge in [0, 0.05) is 5.57 Å². The molecule has 0 aliphatic carbocycles. The molecule has 1 unspecified atom stereocenters. The second kappa shape index (κ2) is 10.4. The maximum Gasteiger partial charge on any atom is 0.331 e. The summed E-state index contributed by atoms with van der Waals surface area (Å²) < 4.78 is 0. The van der Waals surface area contributed by atoms with Crippen molar-refractivity contribution >= 4 is 5.97 Å². The molecule has 0 aromatic heterocycles. The molecule has 0 bridgehead atoms. The highest BCUT2D eigenvalue weighted by atomic mass is 16.4. The van der Waals surface area contributed by atoms with Gasteiger partial charge in [-0.1, -0.05) is 65.4 Å². The molecule has 100 valence electrons. The first-order valence-electron chi connectivity index (χ1n) is 7.05. The van der Waals surface area contributed by atoms with E-state index < -0.39 is 5.97 Å². The van der Waals surface area contributed by atoms with Crippen molar-refractivity contribution in [3.05, 3.63) is 12.2 Å². The summed E-state index contributed by atoms with van der Waals surface area (Å²) in [6, 6.07) is 0. The maximum atomic E-state index is 10.9. The molecular weight excluding hydrogens is 212 g/mol. The molecule has 1 N–H and O–H groups in total. The zero-order valence-electron chi connectivity index (χ0n) is 11.5. The molecule has 2 nitrogen and oxygen atoms in total. The van der Waals surface area contributed by atoms with Crippen LogP contribution in [0.2, 0.25) is 0 Å². The van der Waals surface area contributed by atoms with Crippen LogP contribution in [-0.2, 0) is 4.79 Å². The topological polar surface area (TPSA) is 37.3 Å². The lowest BCUT2D eigenvalue weighted by atomic mass is 9.89. The molecule has 2 heteroatoms. The number of hydrogen-bond donors (Lipinski definition) is 1. The van der Waals surface area contributed by atoms with Crippen LogP contribution in [0.3, 0.4) is 0 Å². The Bertz CT molecular complexity index is 221. The van der Waals surface area contributed by atoms with Crippen molar-refractivity contribution in [2.75, 3.05) is 0 Å². The Balaban J connectivity index is 3.93. The Morgan fingerprint density at radius 3 is 2.06 bits per heavy atom. The van der Waals surface area contributed by atoms with E-state index in [1.54, 1.807) is 0 Å². The second-order valence-corrected chi connectivity index (χ2v) is 4.87. The van der Waals surface area contributed by atoms with Crippen LogP contribution in [0.5, 0.6) is 0 Å². The van der Waals surface area contributed by atoms with E-state index in [4.69, 9.17) is 5.11 Å². The fourth-order valence-electron chi connectivity index (χ4n) is 2.11. The molecule has 0 heterocycles. The summed E-state index contributed by atoms with van der Waals surface area (Å²) in [6.45, 7) is 8.07. The van der Waals surface area contributed by atoms with Gasteiger partial charge in [-0.3, -0.25) is 0 Å². The number of aliphatic carboxylic acids is 1. The van der Waals surface area contributed by atoms with Crippen molar-refractivity contribution in [2.24, 2.45) is 5.92 Å².